The Morgan fingerprint density at radius 3 is 2.48 bits per heavy atom. The van der Waals surface area contributed by atoms with Crippen LogP contribution in [0.2, 0.25) is 0 Å². The summed E-state index contributed by atoms with van der Waals surface area (Å²) in [6.07, 6.45) is 6.87. The molecule has 3 rings (SSSR count). The lowest BCUT2D eigenvalue weighted by Crippen LogP contribution is -2.49. The molecule has 116 valence electrons. The molecule has 0 amide bonds. The van der Waals surface area contributed by atoms with Gasteiger partial charge in [-0.2, -0.15) is 4.31 Å². The lowest BCUT2D eigenvalue weighted by Gasteiger charge is -2.43. The van der Waals surface area contributed by atoms with E-state index in [-0.39, 0.29) is 6.04 Å². The van der Waals surface area contributed by atoms with E-state index in [1.807, 2.05) is 30.3 Å². The van der Waals surface area contributed by atoms with Crippen LogP contribution in [0.4, 0.5) is 0 Å². The van der Waals surface area contributed by atoms with Crippen molar-refractivity contribution < 1.29 is 8.42 Å². The Balaban J connectivity index is 1.94. The molecule has 1 aliphatic carbocycles. The summed E-state index contributed by atoms with van der Waals surface area (Å²) in [4.78, 5) is 0.469. The number of hydrogen-bond acceptors (Lipinski definition) is 2. The first-order valence-corrected chi connectivity index (χ1v) is 9.53. The largest absolute Gasteiger partial charge is 0.243 e. The first-order valence-electron chi connectivity index (χ1n) is 8.09. The second-order valence-corrected chi connectivity index (χ2v) is 8.51. The molecule has 0 spiro atoms. The summed E-state index contributed by atoms with van der Waals surface area (Å²) in [5.74, 6) is 0.578. The fourth-order valence-electron chi connectivity index (χ4n) is 3.89. The summed E-state index contributed by atoms with van der Waals surface area (Å²) in [7, 11) is -3.34. The normalized spacial score (nSPS) is 27.3. The van der Waals surface area contributed by atoms with Crippen LogP contribution < -0.4 is 0 Å². The average molecular weight is 307 g/mol. The van der Waals surface area contributed by atoms with Crippen LogP contribution in [0.1, 0.15) is 49.7 Å². The molecule has 0 aromatic heterocycles. The quantitative estimate of drug-likeness (QED) is 0.836. The van der Waals surface area contributed by atoms with Gasteiger partial charge < -0.3 is 0 Å². The zero-order valence-corrected chi connectivity index (χ0v) is 13.8. The molecule has 4 heteroatoms. The highest BCUT2D eigenvalue weighted by atomic mass is 32.2. The zero-order valence-electron chi connectivity index (χ0n) is 13.0. The van der Waals surface area contributed by atoms with Crippen molar-refractivity contribution in [2.75, 3.05) is 6.54 Å². The van der Waals surface area contributed by atoms with E-state index in [4.69, 9.17) is 0 Å². The van der Waals surface area contributed by atoms with Crippen LogP contribution in [0, 0.1) is 19.8 Å². The van der Waals surface area contributed by atoms with E-state index >= 15 is 0 Å². The van der Waals surface area contributed by atoms with E-state index in [1.54, 1.807) is 6.07 Å². The monoisotopic (exact) mass is 307 g/mol. The number of rotatable bonds is 2. The van der Waals surface area contributed by atoms with Crippen LogP contribution in [-0.2, 0) is 10.0 Å². The Labute approximate surface area is 128 Å². The molecule has 0 N–H and O–H groups in total. The summed E-state index contributed by atoms with van der Waals surface area (Å²) in [5.41, 5.74) is 2.19. The van der Waals surface area contributed by atoms with Gasteiger partial charge in [-0.1, -0.05) is 18.9 Å². The first kappa shape index (κ1) is 15.0. The van der Waals surface area contributed by atoms with Crippen molar-refractivity contribution in [2.45, 2.75) is 63.3 Å². The van der Waals surface area contributed by atoms with Crippen molar-refractivity contribution in [3.8, 4) is 0 Å². The Bertz CT molecular complexity index is 622. The number of fused-ring (bicyclic) bond motifs is 1. The van der Waals surface area contributed by atoms with Crippen LogP contribution in [0.15, 0.2) is 23.1 Å². The number of sulfonamides is 1. The predicted molar refractivity (Wildman–Crippen MR) is 84.8 cm³/mol. The molecule has 1 aromatic carbocycles. The Kier molecular flexibility index (Phi) is 4.10. The molecule has 2 unspecified atom stereocenters. The van der Waals surface area contributed by atoms with Crippen molar-refractivity contribution in [2.24, 2.45) is 5.92 Å². The molecule has 2 atom stereocenters. The molecule has 3 nitrogen and oxygen atoms in total. The number of benzene rings is 1. The Morgan fingerprint density at radius 1 is 1.00 bits per heavy atom. The van der Waals surface area contributed by atoms with Gasteiger partial charge in [0.15, 0.2) is 0 Å². The maximum atomic E-state index is 13.0. The minimum atomic E-state index is -3.34. The predicted octanol–water partition coefficient (Wildman–Crippen LogP) is 3.65. The highest BCUT2D eigenvalue weighted by molar-refractivity contribution is 7.89. The van der Waals surface area contributed by atoms with E-state index in [1.165, 1.54) is 25.7 Å². The number of piperidine rings is 1. The topological polar surface area (TPSA) is 37.4 Å². The van der Waals surface area contributed by atoms with Gasteiger partial charge in [-0.3, -0.25) is 0 Å². The maximum absolute atomic E-state index is 13.0. The first-order chi connectivity index (χ1) is 10.00. The molecule has 2 aliphatic rings. The SMILES string of the molecule is Cc1ccc(S(=O)(=O)N2CCCC3CCCCC32)cc1C. The van der Waals surface area contributed by atoms with Gasteiger partial charge in [-0.05, 0) is 68.7 Å². The van der Waals surface area contributed by atoms with Crippen molar-refractivity contribution in [3.05, 3.63) is 29.3 Å². The molecule has 1 saturated carbocycles. The molecule has 1 saturated heterocycles. The molecular weight excluding hydrogens is 282 g/mol. The van der Waals surface area contributed by atoms with Crippen LogP contribution >= 0.6 is 0 Å². The Hall–Kier alpha value is -0.870. The highest BCUT2D eigenvalue weighted by Crippen LogP contribution is 2.38. The van der Waals surface area contributed by atoms with Gasteiger partial charge in [-0.25, -0.2) is 8.42 Å². The van der Waals surface area contributed by atoms with Crippen LogP contribution in [0.5, 0.6) is 0 Å². The van der Waals surface area contributed by atoms with Gasteiger partial charge in [0.1, 0.15) is 0 Å². The van der Waals surface area contributed by atoms with Gasteiger partial charge in [0.05, 0.1) is 4.90 Å². The molecule has 1 aromatic rings. The number of hydrogen-bond donors (Lipinski definition) is 0. The van der Waals surface area contributed by atoms with E-state index in [9.17, 15) is 8.42 Å². The molecule has 21 heavy (non-hydrogen) atoms. The molecular formula is C17H25NO2S. The van der Waals surface area contributed by atoms with E-state index in [0.29, 0.717) is 17.4 Å². The van der Waals surface area contributed by atoms with Crippen molar-refractivity contribution >= 4 is 10.0 Å². The molecule has 2 fully saturated rings. The third kappa shape index (κ3) is 2.76. The fraction of sp³-hybridized carbons (Fsp3) is 0.647. The van der Waals surface area contributed by atoms with Crippen molar-refractivity contribution in [3.63, 3.8) is 0 Å². The average Bonchev–Trinajstić information content (AvgIpc) is 2.49. The zero-order chi connectivity index (χ0) is 15.0. The molecule has 0 bridgehead atoms. The third-order valence-corrected chi connectivity index (χ3v) is 7.20. The minimum absolute atomic E-state index is 0.235. The second kappa shape index (κ2) is 5.73. The van der Waals surface area contributed by atoms with Gasteiger partial charge in [-0.15, -0.1) is 0 Å². The molecule has 0 radical (unpaired) electrons. The standard InChI is InChI=1S/C17H25NO2S/c1-13-9-10-16(12-14(13)2)21(19,20)18-11-5-7-15-6-3-4-8-17(15)18/h9-10,12,15,17H,3-8,11H2,1-2H3. The summed E-state index contributed by atoms with van der Waals surface area (Å²) < 4.78 is 27.9. The smallest absolute Gasteiger partial charge is 0.207 e. The summed E-state index contributed by atoms with van der Waals surface area (Å²) in [6.45, 7) is 4.69. The Morgan fingerprint density at radius 2 is 1.71 bits per heavy atom. The van der Waals surface area contributed by atoms with Gasteiger partial charge in [0, 0.05) is 12.6 Å². The van der Waals surface area contributed by atoms with Gasteiger partial charge in [0.25, 0.3) is 0 Å². The lowest BCUT2D eigenvalue weighted by molar-refractivity contribution is 0.129. The summed E-state index contributed by atoms with van der Waals surface area (Å²) >= 11 is 0. The van der Waals surface area contributed by atoms with E-state index in [0.717, 1.165) is 24.0 Å². The summed E-state index contributed by atoms with van der Waals surface area (Å²) in [5, 5.41) is 0. The minimum Gasteiger partial charge on any atom is -0.207 e. The fourth-order valence-corrected chi connectivity index (χ4v) is 5.73. The van der Waals surface area contributed by atoms with Crippen LogP contribution in [-0.4, -0.2) is 25.3 Å². The van der Waals surface area contributed by atoms with Gasteiger partial charge in [0.2, 0.25) is 10.0 Å². The number of aryl methyl sites for hydroxylation is 2. The van der Waals surface area contributed by atoms with Crippen LogP contribution in [0.3, 0.4) is 0 Å². The van der Waals surface area contributed by atoms with Crippen molar-refractivity contribution in [1.29, 1.82) is 0 Å². The van der Waals surface area contributed by atoms with E-state index in [2.05, 4.69) is 0 Å². The van der Waals surface area contributed by atoms with Crippen LogP contribution in [0.25, 0.3) is 0 Å². The molecule has 1 aliphatic heterocycles. The highest BCUT2D eigenvalue weighted by Gasteiger charge is 2.39. The summed E-state index contributed by atoms with van der Waals surface area (Å²) in [6, 6.07) is 5.75. The maximum Gasteiger partial charge on any atom is 0.243 e. The third-order valence-electron chi connectivity index (χ3n) is 5.28. The second-order valence-electron chi connectivity index (χ2n) is 6.62. The van der Waals surface area contributed by atoms with Gasteiger partial charge >= 0.3 is 0 Å². The van der Waals surface area contributed by atoms with Crippen molar-refractivity contribution in [1.82, 2.24) is 4.31 Å². The lowest BCUT2D eigenvalue weighted by atomic mass is 9.79. The van der Waals surface area contributed by atoms with E-state index < -0.39 is 10.0 Å². The molecule has 1 heterocycles. The number of nitrogens with zero attached hydrogens (tertiary/aromatic N) is 1.